The summed E-state index contributed by atoms with van der Waals surface area (Å²) in [5.74, 6) is -0.411. The minimum absolute atomic E-state index is 0.197. The first-order valence-corrected chi connectivity index (χ1v) is 8.74. The van der Waals surface area contributed by atoms with Crippen molar-refractivity contribution in [2.45, 2.75) is 26.1 Å². The van der Waals surface area contributed by atoms with Crippen LogP contribution in [0, 0.1) is 0 Å². The van der Waals surface area contributed by atoms with E-state index < -0.39 is 11.6 Å². The van der Waals surface area contributed by atoms with E-state index in [2.05, 4.69) is 30.7 Å². The van der Waals surface area contributed by atoms with E-state index in [1.165, 1.54) is 18.6 Å². The third-order valence-electron chi connectivity index (χ3n) is 4.34. The summed E-state index contributed by atoms with van der Waals surface area (Å²) in [4.78, 5) is 17.5. The molecule has 0 saturated heterocycles. The van der Waals surface area contributed by atoms with E-state index in [1.807, 2.05) is 24.3 Å². The molecule has 1 aromatic carbocycles. The van der Waals surface area contributed by atoms with Crippen molar-refractivity contribution >= 4 is 33.7 Å². The quantitative estimate of drug-likeness (QED) is 0.483. The number of nitrogens with one attached hydrogen (secondary N) is 2. The van der Waals surface area contributed by atoms with Gasteiger partial charge in [0.05, 0.1) is 17.8 Å². The molecule has 28 heavy (non-hydrogen) atoms. The van der Waals surface area contributed by atoms with E-state index in [0.29, 0.717) is 16.6 Å². The van der Waals surface area contributed by atoms with Gasteiger partial charge in [0.15, 0.2) is 17.0 Å². The second-order valence-electron chi connectivity index (χ2n) is 6.92. The van der Waals surface area contributed by atoms with E-state index in [-0.39, 0.29) is 18.9 Å². The van der Waals surface area contributed by atoms with Gasteiger partial charge in [-0.3, -0.25) is 9.89 Å². The molecule has 0 bridgehead atoms. The largest absolute Gasteiger partial charge is 0.382 e. The molecule has 0 aliphatic heterocycles. The summed E-state index contributed by atoms with van der Waals surface area (Å²) in [6.45, 7) is 2.89. The molecule has 0 spiro atoms. The molecule has 0 fully saturated rings. The molecule has 3 aromatic heterocycles. The van der Waals surface area contributed by atoms with Crippen LogP contribution >= 0.6 is 0 Å². The number of benzene rings is 1. The number of alkyl halides is 1. The molecule has 0 aliphatic rings. The molecule has 4 N–H and O–H groups in total. The number of carbonyl (C=O) groups is 1. The smallest absolute Gasteiger partial charge is 0.257 e. The number of hydrogen-bond acceptors (Lipinski definition) is 6. The van der Waals surface area contributed by atoms with Crippen molar-refractivity contribution in [3.8, 4) is 11.3 Å². The lowest BCUT2D eigenvalue weighted by Gasteiger charge is -2.13. The fourth-order valence-corrected chi connectivity index (χ4v) is 2.87. The van der Waals surface area contributed by atoms with Gasteiger partial charge in [-0.05, 0) is 32.0 Å². The fourth-order valence-electron chi connectivity index (χ4n) is 2.87. The van der Waals surface area contributed by atoms with Crippen molar-refractivity contribution in [3.63, 3.8) is 0 Å². The molecule has 3 heterocycles. The predicted molar refractivity (Wildman–Crippen MR) is 103 cm³/mol. The maximum Gasteiger partial charge on any atom is 0.257 e. The third-order valence-corrected chi connectivity index (χ3v) is 4.34. The van der Waals surface area contributed by atoms with Crippen molar-refractivity contribution < 1.29 is 9.18 Å². The number of nitrogens with zero attached hydrogens (tertiary/aromatic N) is 5. The summed E-state index contributed by atoms with van der Waals surface area (Å²) in [6.07, 6.45) is 1.68. The van der Waals surface area contributed by atoms with Crippen LogP contribution in [0.4, 0.5) is 10.2 Å². The highest BCUT2D eigenvalue weighted by atomic mass is 19.1. The zero-order valence-electron chi connectivity index (χ0n) is 15.4. The summed E-state index contributed by atoms with van der Waals surface area (Å²) in [7, 11) is 0. The Hall–Kier alpha value is -3.56. The minimum atomic E-state index is -1.93. The molecule has 0 atom stereocenters. The highest BCUT2D eigenvalue weighted by molar-refractivity contribution is 6.06. The molecule has 0 saturated carbocycles. The maximum atomic E-state index is 13.6. The molecule has 1 amide bonds. The zero-order valence-corrected chi connectivity index (χ0v) is 15.4. The number of aromatic nitrogens is 6. The molecular formula is C18H19FN8O. The van der Waals surface area contributed by atoms with Crippen LogP contribution in [0.1, 0.15) is 13.8 Å². The first-order chi connectivity index (χ1) is 13.3. The van der Waals surface area contributed by atoms with Crippen LogP contribution in [0.15, 0.2) is 30.5 Å². The topological polar surface area (TPSA) is 127 Å². The van der Waals surface area contributed by atoms with Crippen LogP contribution in [0.2, 0.25) is 0 Å². The molecule has 4 rings (SSSR count). The first-order valence-electron chi connectivity index (χ1n) is 8.74. The Kier molecular flexibility index (Phi) is 4.17. The number of carbonyl (C=O) groups excluding carboxylic acids is 1. The molecule has 10 heteroatoms. The molecule has 0 unspecified atom stereocenters. The highest BCUT2D eigenvalue weighted by Crippen LogP contribution is 2.28. The Morgan fingerprint density at radius 3 is 2.79 bits per heavy atom. The summed E-state index contributed by atoms with van der Waals surface area (Å²) >= 11 is 0. The van der Waals surface area contributed by atoms with Crippen LogP contribution in [0.25, 0.3) is 33.2 Å². The number of pyridine rings is 1. The number of anilines is 1. The van der Waals surface area contributed by atoms with Crippen molar-refractivity contribution in [2.75, 3.05) is 12.3 Å². The number of nitrogen functional groups attached to an aromatic ring is 1. The van der Waals surface area contributed by atoms with Crippen LogP contribution < -0.4 is 11.1 Å². The van der Waals surface area contributed by atoms with Gasteiger partial charge in [0, 0.05) is 23.7 Å². The van der Waals surface area contributed by atoms with Gasteiger partial charge in [0.25, 0.3) is 5.91 Å². The van der Waals surface area contributed by atoms with Crippen molar-refractivity contribution in [1.29, 1.82) is 0 Å². The monoisotopic (exact) mass is 382 g/mol. The minimum Gasteiger partial charge on any atom is -0.382 e. The van der Waals surface area contributed by atoms with Crippen LogP contribution in [-0.2, 0) is 11.3 Å². The Morgan fingerprint density at radius 2 is 2.07 bits per heavy atom. The fraction of sp³-hybridized carbons (Fsp3) is 0.278. The van der Waals surface area contributed by atoms with Crippen molar-refractivity contribution in [2.24, 2.45) is 0 Å². The Balaban J connectivity index is 1.64. The van der Waals surface area contributed by atoms with E-state index in [4.69, 9.17) is 5.73 Å². The number of halogens is 1. The second kappa shape index (κ2) is 6.55. The number of fused-ring (bicyclic) bond motifs is 3. The lowest BCUT2D eigenvalue weighted by molar-refractivity contribution is -0.130. The van der Waals surface area contributed by atoms with E-state index in [0.717, 1.165) is 16.6 Å². The van der Waals surface area contributed by atoms with Gasteiger partial charge in [-0.1, -0.05) is 6.07 Å². The van der Waals surface area contributed by atoms with Gasteiger partial charge >= 0.3 is 0 Å². The average molecular weight is 382 g/mol. The van der Waals surface area contributed by atoms with Crippen molar-refractivity contribution in [1.82, 2.24) is 35.5 Å². The van der Waals surface area contributed by atoms with E-state index in [9.17, 15) is 9.18 Å². The standard InChI is InChI=1S/C18H19FN8O/c1-18(2,19)17(28)21-7-8-27-25-14-11-4-3-10(12-5-6-22-24-12)9-13(11)23-16(20)15(14)26-27/h3-6,9H,7-8H2,1-2H3,(H2,20,23)(H,21,28)(H,22,24). The summed E-state index contributed by atoms with van der Waals surface area (Å²) in [5, 5.41) is 19.0. The van der Waals surface area contributed by atoms with Gasteiger partial charge in [0.2, 0.25) is 0 Å². The Morgan fingerprint density at radius 1 is 1.29 bits per heavy atom. The normalized spacial score (nSPS) is 12.0. The third kappa shape index (κ3) is 3.24. The van der Waals surface area contributed by atoms with Crippen LogP contribution in [0.3, 0.4) is 0 Å². The molecule has 0 radical (unpaired) electrons. The average Bonchev–Trinajstić information content (AvgIpc) is 3.31. The van der Waals surface area contributed by atoms with Gasteiger partial charge in [-0.2, -0.15) is 15.0 Å². The number of nitrogens with two attached hydrogens (primary N) is 1. The number of aromatic amines is 1. The molecule has 144 valence electrons. The summed E-state index contributed by atoms with van der Waals surface area (Å²) in [5.41, 5.74) is 7.74. The molecular weight excluding hydrogens is 363 g/mol. The second-order valence-corrected chi connectivity index (χ2v) is 6.92. The lowest BCUT2D eigenvalue weighted by atomic mass is 10.1. The number of rotatable bonds is 5. The van der Waals surface area contributed by atoms with Gasteiger partial charge < -0.3 is 11.1 Å². The Bertz CT molecular complexity index is 1160. The van der Waals surface area contributed by atoms with E-state index in [1.54, 1.807) is 6.20 Å². The summed E-state index contributed by atoms with van der Waals surface area (Å²) in [6, 6.07) is 7.62. The molecule has 4 aromatic rings. The van der Waals surface area contributed by atoms with Crippen LogP contribution in [0.5, 0.6) is 0 Å². The van der Waals surface area contributed by atoms with Crippen molar-refractivity contribution in [3.05, 3.63) is 30.5 Å². The number of H-pyrrole nitrogens is 1. The number of hydrogen-bond donors (Lipinski definition) is 3. The molecule has 9 nitrogen and oxygen atoms in total. The van der Waals surface area contributed by atoms with Gasteiger partial charge in [0.1, 0.15) is 5.52 Å². The van der Waals surface area contributed by atoms with Crippen LogP contribution in [-0.4, -0.2) is 48.3 Å². The highest BCUT2D eigenvalue weighted by Gasteiger charge is 2.25. The SMILES string of the molecule is CC(C)(F)C(=O)NCCn1nc2c(N)nc3cc(-c4ccn[nH]4)ccc3c2n1. The maximum absolute atomic E-state index is 13.6. The predicted octanol–water partition coefficient (Wildman–Crippen LogP) is 1.82. The number of amides is 1. The lowest BCUT2D eigenvalue weighted by Crippen LogP contribution is -2.40. The van der Waals surface area contributed by atoms with E-state index >= 15 is 0 Å². The molecule has 0 aliphatic carbocycles. The first kappa shape index (κ1) is 17.8. The van der Waals surface area contributed by atoms with Gasteiger partial charge in [-0.25, -0.2) is 9.37 Å². The zero-order chi connectivity index (χ0) is 19.9. The Labute approximate surface area is 159 Å². The summed E-state index contributed by atoms with van der Waals surface area (Å²) < 4.78 is 13.6. The van der Waals surface area contributed by atoms with Gasteiger partial charge in [-0.15, -0.1) is 5.10 Å².